The van der Waals surface area contributed by atoms with Crippen molar-refractivity contribution in [1.82, 2.24) is 5.43 Å². The highest BCUT2D eigenvalue weighted by Crippen LogP contribution is 2.31. The zero-order valence-electron chi connectivity index (χ0n) is 22.7. The van der Waals surface area contributed by atoms with Crippen LogP contribution in [0, 0.1) is 5.82 Å². The van der Waals surface area contributed by atoms with Gasteiger partial charge in [0.05, 0.1) is 28.9 Å². The molecule has 10 nitrogen and oxygen atoms in total. The minimum Gasteiger partial charge on any atom is -0.495 e. The molecule has 0 bridgehead atoms. The Morgan fingerprint density at radius 1 is 0.953 bits per heavy atom. The van der Waals surface area contributed by atoms with E-state index in [1.165, 1.54) is 67.9 Å². The lowest BCUT2D eigenvalue weighted by Gasteiger charge is -2.24. The number of ether oxygens (including phenoxy) is 2. The van der Waals surface area contributed by atoms with Crippen LogP contribution < -0.4 is 24.5 Å². The molecule has 0 fully saturated rings. The number of carbonyl (C=O) groups is 2. The Hall–Kier alpha value is -4.94. The molecule has 0 aromatic heterocycles. The molecule has 4 aromatic rings. The fourth-order valence-electron chi connectivity index (χ4n) is 3.72. The van der Waals surface area contributed by atoms with Crippen molar-refractivity contribution in [2.45, 2.75) is 4.90 Å². The summed E-state index contributed by atoms with van der Waals surface area (Å²) in [7, 11) is -2.70. The molecule has 0 aliphatic heterocycles. The average Bonchev–Trinajstić information content (AvgIpc) is 3.01. The number of rotatable bonds is 12. The van der Waals surface area contributed by atoms with Crippen molar-refractivity contribution in [1.29, 1.82) is 0 Å². The van der Waals surface area contributed by atoms with Crippen LogP contribution in [0.1, 0.15) is 5.56 Å². The number of nitrogens with one attached hydrogen (secondary N) is 2. The lowest BCUT2D eigenvalue weighted by atomic mass is 10.2. The number of benzene rings is 4. The number of halogens is 2. The van der Waals surface area contributed by atoms with Crippen LogP contribution in [0.2, 0.25) is 5.02 Å². The molecule has 0 saturated heterocycles. The largest absolute Gasteiger partial charge is 0.495 e. The molecule has 0 heterocycles. The molecule has 0 aliphatic carbocycles. The van der Waals surface area contributed by atoms with Gasteiger partial charge in [-0.3, -0.25) is 13.9 Å². The van der Waals surface area contributed by atoms with Gasteiger partial charge in [0.25, 0.3) is 21.8 Å². The number of sulfonamides is 1. The molecule has 0 unspecified atom stereocenters. The van der Waals surface area contributed by atoms with E-state index in [0.29, 0.717) is 22.7 Å². The number of anilines is 2. The predicted octanol–water partition coefficient (Wildman–Crippen LogP) is 4.85. The number of nitrogens with zero attached hydrogens (tertiary/aromatic N) is 2. The van der Waals surface area contributed by atoms with Gasteiger partial charge in [-0.2, -0.15) is 5.10 Å². The number of hydrogen-bond donors (Lipinski definition) is 2. The van der Waals surface area contributed by atoms with Gasteiger partial charge in [0, 0.05) is 5.69 Å². The normalized spacial score (nSPS) is 11.1. The van der Waals surface area contributed by atoms with E-state index in [1.807, 2.05) is 0 Å². The van der Waals surface area contributed by atoms with E-state index in [4.69, 9.17) is 21.1 Å². The first kappa shape index (κ1) is 31.0. The van der Waals surface area contributed by atoms with Gasteiger partial charge in [-0.1, -0.05) is 29.8 Å². The van der Waals surface area contributed by atoms with Gasteiger partial charge in [0.1, 0.15) is 23.9 Å². The summed E-state index contributed by atoms with van der Waals surface area (Å²) in [5.74, 6) is -0.763. The second-order valence-corrected chi connectivity index (χ2v) is 11.1. The summed E-state index contributed by atoms with van der Waals surface area (Å²) >= 11 is 6.23. The Kier molecular flexibility index (Phi) is 10.3. The summed E-state index contributed by atoms with van der Waals surface area (Å²) in [5, 5.41) is 6.69. The van der Waals surface area contributed by atoms with Crippen LogP contribution in [-0.2, 0) is 19.6 Å². The van der Waals surface area contributed by atoms with Crippen LogP contribution in [0.15, 0.2) is 107 Å². The van der Waals surface area contributed by atoms with Crippen LogP contribution in [0.25, 0.3) is 0 Å². The van der Waals surface area contributed by atoms with E-state index in [0.717, 1.165) is 4.31 Å². The summed E-state index contributed by atoms with van der Waals surface area (Å²) in [4.78, 5) is 24.8. The predicted molar refractivity (Wildman–Crippen MR) is 162 cm³/mol. The highest BCUT2D eigenvalue weighted by Gasteiger charge is 2.27. The quantitative estimate of drug-likeness (QED) is 0.171. The molecule has 0 aliphatic rings. The maximum absolute atomic E-state index is 13.4. The summed E-state index contributed by atoms with van der Waals surface area (Å²) in [6, 6.07) is 23.9. The number of hydrazone groups is 1. The second-order valence-electron chi connectivity index (χ2n) is 8.85. The van der Waals surface area contributed by atoms with Crippen molar-refractivity contribution >= 4 is 51.0 Å². The van der Waals surface area contributed by atoms with E-state index >= 15 is 0 Å². The smallest absolute Gasteiger partial charge is 0.264 e. The number of carbonyl (C=O) groups excluding carboxylic acids is 2. The number of amides is 2. The van der Waals surface area contributed by atoms with Crippen molar-refractivity contribution in [3.63, 3.8) is 0 Å². The zero-order chi connectivity index (χ0) is 30.8. The summed E-state index contributed by atoms with van der Waals surface area (Å²) in [5.41, 5.74) is 3.53. The number of methoxy groups -OCH3 is 1. The average molecular weight is 625 g/mol. The molecule has 0 radical (unpaired) electrons. The van der Waals surface area contributed by atoms with E-state index in [9.17, 15) is 22.4 Å². The third-order valence-corrected chi connectivity index (χ3v) is 7.91. The Morgan fingerprint density at radius 3 is 2.30 bits per heavy atom. The summed E-state index contributed by atoms with van der Waals surface area (Å²) < 4.78 is 51.4. The minimum atomic E-state index is -4.13. The zero-order valence-corrected chi connectivity index (χ0v) is 24.3. The maximum Gasteiger partial charge on any atom is 0.264 e. The minimum absolute atomic E-state index is 0.00603. The van der Waals surface area contributed by atoms with Crippen LogP contribution in [0.5, 0.6) is 11.5 Å². The number of hydrogen-bond acceptors (Lipinski definition) is 7. The molecule has 2 N–H and O–H groups in total. The Bertz CT molecular complexity index is 1700. The SMILES string of the molecule is COc1ccc(N(CC(=O)N/N=C\c2ccc(OCC(=O)Nc3ccc(F)cc3)cc2)S(=O)(=O)c2ccccc2)cc1Cl. The van der Waals surface area contributed by atoms with Crippen molar-refractivity contribution in [2.24, 2.45) is 5.10 Å². The van der Waals surface area contributed by atoms with Crippen LogP contribution in [-0.4, -0.2) is 46.7 Å². The highest BCUT2D eigenvalue weighted by atomic mass is 35.5. The van der Waals surface area contributed by atoms with Gasteiger partial charge in [-0.05, 0) is 84.4 Å². The maximum atomic E-state index is 13.4. The monoisotopic (exact) mass is 624 g/mol. The first-order valence-electron chi connectivity index (χ1n) is 12.7. The van der Waals surface area contributed by atoms with Crippen LogP contribution in [0.3, 0.4) is 0 Å². The van der Waals surface area contributed by atoms with E-state index in [1.54, 1.807) is 42.5 Å². The third-order valence-electron chi connectivity index (χ3n) is 5.82. The van der Waals surface area contributed by atoms with Crippen molar-refractivity contribution in [3.05, 3.63) is 113 Å². The molecular weight excluding hydrogens is 599 g/mol. The molecule has 4 aromatic carbocycles. The first-order valence-corrected chi connectivity index (χ1v) is 14.5. The molecule has 0 atom stereocenters. The molecule has 43 heavy (non-hydrogen) atoms. The van der Waals surface area contributed by atoms with Gasteiger partial charge >= 0.3 is 0 Å². The van der Waals surface area contributed by atoms with Gasteiger partial charge in [0.15, 0.2) is 6.61 Å². The summed E-state index contributed by atoms with van der Waals surface area (Å²) in [6.45, 7) is -0.841. The first-order chi connectivity index (χ1) is 20.7. The molecule has 0 saturated carbocycles. The summed E-state index contributed by atoms with van der Waals surface area (Å²) in [6.07, 6.45) is 1.36. The second kappa shape index (κ2) is 14.3. The highest BCUT2D eigenvalue weighted by molar-refractivity contribution is 7.92. The van der Waals surface area contributed by atoms with Crippen molar-refractivity contribution in [2.75, 3.05) is 29.9 Å². The van der Waals surface area contributed by atoms with Gasteiger partial charge < -0.3 is 14.8 Å². The Balaban J connectivity index is 1.36. The van der Waals surface area contributed by atoms with Gasteiger partial charge in [0.2, 0.25) is 0 Å². The lowest BCUT2D eigenvalue weighted by molar-refractivity contribution is -0.119. The fraction of sp³-hybridized carbons (Fsp3) is 0.100. The fourth-order valence-corrected chi connectivity index (χ4v) is 5.40. The van der Waals surface area contributed by atoms with Gasteiger partial charge in [-0.15, -0.1) is 0 Å². The third kappa shape index (κ3) is 8.53. The van der Waals surface area contributed by atoms with E-state index < -0.39 is 34.2 Å². The Labute approximate surface area is 252 Å². The van der Waals surface area contributed by atoms with Crippen LogP contribution >= 0.6 is 11.6 Å². The Morgan fingerprint density at radius 2 is 1.65 bits per heavy atom. The van der Waals surface area contributed by atoms with Gasteiger partial charge in [-0.25, -0.2) is 18.2 Å². The van der Waals surface area contributed by atoms with Crippen molar-refractivity contribution < 1.29 is 31.9 Å². The van der Waals surface area contributed by atoms with E-state index in [-0.39, 0.29) is 22.2 Å². The molecular formula is C30H26ClFN4O6S. The molecule has 0 spiro atoms. The van der Waals surface area contributed by atoms with Crippen LogP contribution in [0.4, 0.5) is 15.8 Å². The lowest BCUT2D eigenvalue weighted by Crippen LogP contribution is -2.39. The molecule has 2 amide bonds. The standard InChI is InChI=1S/C30H26ClFN4O6S/c1-41-28-16-13-24(17-27(28)31)36(43(39,40)26-5-3-2-4-6-26)19-29(37)35-33-18-21-7-14-25(15-8-21)42-20-30(38)34-23-11-9-22(32)10-12-23/h2-18H,19-20H2,1H3,(H,34,38)(H,35,37)/b33-18-. The topological polar surface area (TPSA) is 126 Å². The molecule has 13 heteroatoms. The van der Waals surface area contributed by atoms with Crippen molar-refractivity contribution in [3.8, 4) is 11.5 Å². The molecule has 4 rings (SSSR count). The van der Waals surface area contributed by atoms with E-state index in [2.05, 4.69) is 15.8 Å². The molecule has 222 valence electrons.